The van der Waals surface area contributed by atoms with Gasteiger partial charge in [-0.15, -0.1) is 11.3 Å². The van der Waals surface area contributed by atoms with E-state index in [9.17, 15) is 0 Å². The van der Waals surface area contributed by atoms with Gasteiger partial charge in [0.2, 0.25) is 0 Å². The standard InChI is InChI=1S/C15H18N2S/c1-11(15-16-7-8-18-15)17-14-9-13(10-14)12-5-3-2-4-6-12/h2-8,11,13-14,17H,9-10H2,1H3. The first-order chi connectivity index (χ1) is 8.83. The lowest BCUT2D eigenvalue weighted by molar-refractivity contribution is 0.270. The highest BCUT2D eigenvalue weighted by Crippen LogP contribution is 2.37. The molecule has 18 heavy (non-hydrogen) atoms. The number of nitrogens with zero attached hydrogens (tertiary/aromatic N) is 1. The van der Waals surface area contributed by atoms with Crippen molar-refractivity contribution in [1.29, 1.82) is 0 Å². The van der Waals surface area contributed by atoms with Gasteiger partial charge in [-0.2, -0.15) is 0 Å². The Kier molecular flexibility index (Phi) is 3.43. The Morgan fingerprint density at radius 2 is 2.06 bits per heavy atom. The lowest BCUT2D eigenvalue weighted by Gasteiger charge is -2.37. The molecule has 0 saturated heterocycles. The molecule has 0 amide bonds. The molecule has 0 radical (unpaired) electrons. The summed E-state index contributed by atoms with van der Waals surface area (Å²) in [6.45, 7) is 2.20. The molecule has 1 N–H and O–H groups in total. The number of benzene rings is 1. The number of hydrogen-bond acceptors (Lipinski definition) is 3. The van der Waals surface area contributed by atoms with Crippen LogP contribution in [0.1, 0.15) is 42.3 Å². The fourth-order valence-electron chi connectivity index (χ4n) is 2.62. The molecule has 2 nitrogen and oxygen atoms in total. The van der Waals surface area contributed by atoms with Crippen LogP contribution in [-0.2, 0) is 0 Å². The second kappa shape index (κ2) is 5.21. The van der Waals surface area contributed by atoms with E-state index in [2.05, 4.69) is 47.6 Å². The summed E-state index contributed by atoms with van der Waals surface area (Å²) >= 11 is 1.73. The molecule has 1 aliphatic rings. The highest BCUT2D eigenvalue weighted by molar-refractivity contribution is 7.09. The minimum atomic E-state index is 0.381. The van der Waals surface area contributed by atoms with Crippen molar-refractivity contribution < 1.29 is 0 Å². The Morgan fingerprint density at radius 1 is 1.28 bits per heavy atom. The molecular weight excluding hydrogens is 240 g/mol. The van der Waals surface area contributed by atoms with Crippen LogP contribution < -0.4 is 5.32 Å². The third-order valence-corrected chi connectivity index (χ3v) is 4.67. The van der Waals surface area contributed by atoms with Gasteiger partial charge in [-0.25, -0.2) is 4.98 Å². The topological polar surface area (TPSA) is 24.9 Å². The van der Waals surface area contributed by atoms with Crippen LogP contribution in [0.25, 0.3) is 0 Å². The molecular formula is C15H18N2S. The average molecular weight is 258 g/mol. The van der Waals surface area contributed by atoms with Crippen molar-refractivity contribution in [3.05, 3.63) is 52.5 Å². The van der Waals surface area contributed by atoms with Crippen molar-refractivity contribution in [2.75, 3.05) is 0 Å². The molecule has 1 unspecified atom stereocenters. The smallest absolute Gasteiger partial charge is 0.109 e. The zero-order valence-corrected chi connectivity index (χ0v) is 11.4. The van der Waals surface area contributed by atoms with Crippen LogP contribution in [0, 0.1) is 0 Å². The van der Waals surface area contributed by atoms with Gasteiger partial charge in [0.05, 0.1) is 6.04 Å². The molecule has 1 aromatic heterocycles. The highest BCUT2D eigenvalue weighted by atomic mass is 32.1. The Balaban J connectivity index is 1.51. The Hall–Kier alpha value is -1.19. The number of hydrogen-bond donors (Lipinski definition) is 1. The summed E-state index contributed by atoms with van der Waals surface area (Å²) in [5, 5.41) is 6.90. The SMILES string of the molecule is CC(NC1CC(c2ccccc2)C1)c1nccs1. The van der Waals surface area contributed by atoms with Gasteiger partial charge in [0.1, 0.15) is 5.01 Å². The fraction of sp³-hybridized carbons (Fsp3) is 0.400. The molecule has 94 valence electrons. The van der Waals surface area contributed by atoms with Crippen LogP contribution in [-0.4, -0.2) is 11.0 Å². The maximum Gasteiger partial charge on any atom is 0.109 e. The normalized spacial score (nSPS) is 24.5. The lowest BCUT2D eigenvalue weighted by Crippen LogP contribution is -2.41. The van der Waals surface area contributed by atoms with Crippen molar-refractivity contribution in [2.24, 2.45) is 0 Å². The third kappa shape index (κ3) is 2.47. The van der Waals surface area contributed by atoms with Crippen LogP contribution in [0.2, 0.25) is 0 Å². The van der Waals surface area contributed by atoms with E-state index in [1.54, 1.807) is 11.3 Å². The van der Waals surface area contributed by atoms with E-state index in [1.807, 2.05) is 11.6 Å². The zero-order valence-electron chi connectivity index (χ0n) is 10.5. The van der Waals surface area contributed by atoms with Crippen LogP contribution >= 0.6 is 11.3 Å². The molecule has 1 fully saturated rings. The molecule has 0 aliphatic heterocycles. The zero-order chi connectivity index (χ0) is 12.4. The minimum absolute atomic E-state index is 0.381. The fourth-order valence-corrected chi connectivity index (χ4v) is 3.28. The van der Waals surface area contributed by atoms with Gasteiger partial charge in [-0.1, -0.05) is 30.3 Å². The van der Waals surface area contributed by atoms with Gasteiger partial charge in [0.25, 0.3) is 0 Å². The van der Waals surface area contributed by atoms with Crippen LogP contribution in [0.4, 0.5) is 0 Å². The average Bonchev–Trinajstić information content (AvgIpc) is 2.88. The number of nitrogens with one attached hydrogen (secondary N) is 1. The van der Waals surface area contributed by atoms with E-state index in [4.69, 9.17) is 0 Å². The van der Waals surface area contributed by atoms with Gasteiger partial charge in [0.15, 0.2) is 0 Å². The molecule has 1 heterocycles. The van der Waals surface area contributed by atoms with Crippen LogP contribution in [0.15, 0.2) is 41.9 Å². The first-order valence-corrected chi connectivity index (χ1v) is 7.41. The van der Waals surface area contributed by atoms with Crippen molar-refractivity contribution in [1.82, 2.24) is 10.3 Å². The van der Waals surface area contributed by atoms with Crippen molar-refractivity contribution >= 4 is 11.3 Å². The molecule has 3 rings (SSSR count). The second-order valence-corrected chi connectivity index (χ2v) is 5.96. The van der Waals surface area contributed by atoms with Crippen molar-refractivity contribution in [2.45, 2.75) is 37.8 Å². The van der Waals surface area contributed by atoms with Crippen molar-refractivity contribution in [3.8, 4) is 0 Å². The monoisotopic (exact) mass is 258 g/mol. The largest absolute Gasteiger partial charge is 0.305 e. The molecule has 0 bridgehead atoms. The van der Waals surface area contributed by atoms with E-state index >= 15 is 0 Å². The Labute approximate surface area is 112 Å². The predicted molar refractivity (Wildman–Crippen MR) is 75.9 cm³/mol. The summed E-state index contributed by atoms with van der Waals surface area (Å²) in [5.41, 5.74) is 1.48. The van der Waals surface area contributed by atoms with E-state index in [0.717, 1.165) is 5.92 Å². The van der Waals surface area contributed by atoms with E-state index in [-0.39, 0.29) is 0 Å². The Bertz CT molecular complexity index is 474. The van der Waals surface area contributed by atoms with Crippen LogP contribution in [0.3, 0.4) is 0 Å². The van der Waals surface area contributed by atoms with E-state index < -0.39 is 0 Å². The van der Waals surface area contributed by atoms with Gasteiger partial charge in [0, 0.05) is 17.6 Å². The van der Waals surface area contributed by atoms with Gasteiger partial charge in [-0.3, -0.25) is 0 Å². The van der Waals surface area contributed by atoms with Crippen LogP contribution in [0.5, 0.6) is 0 Å². The summed E-state index contributed by atoms with van der Waals surface area (Å²) in [7, 11) is 0. The van der Waals surface area contributed by atoms with E-state index in [1.165, 1.54) is 23.4 Å². The summed E-state index contributed by atoms with van der Waals surface area (Å²) < 4.78 is 0. The summed E-state index contributed by atoms with van der Waals surface area (Å²) in [5.74, 6) is 0.743. The highest BCUT2D eigenvalue weighted by Gasteiger charge is 2.31. The second-order valence-electron chi connectivity index (χ2n) is 5.03. The summed E-state index contributed by atoms with van der Waals surface area (Å²) in [6.07, 6.45) is 4.38. The molecule has 3 heteroatoms. The first kappa shape index (κ1) is 11.9. The first-order valence-electron chi connectivity index (χ1n) is 6.53. The molecule has 1 aliphatic carbocycles. The predicted octanol–water partition coefficient (Wildman–Crippen LogP) is 3.74. The lowest BCUT2D eigenvalue weighted by atomic mass is 9.75. The molecule has 2 aromatic rings. The number of thiazole rings is 1. The van der Waals surface area contributed by atoms with Gasteiger partial charge in [-0.05, 0) is 31.2 Å². The summed E-state index contributed by atoms with van der Waals surface area (Å²) in [4.78, 5) is 4.36. The number of rotatable bonds is 4. The quantitative estimate of drug-likeness (QED) is 0.903. The number of aromatic nitrogens is 1. The van der Waals surface area contributed by atoms with Gasteiger partial charge >= 0.3 is 0 Å². The Morgan fingerprint density at radius 3 is 2.72 bits per heavy atom. The van der Waals surface area contributed by atoms with E-state index in [0.29, 0.717) is 12.1 Å². The molecule has 0 spiro atoms. The maximum atomic E-state index is 4.36. The summed E-state index contributed by atoms with van der Waals surface area (Å²) in [6, 6.07) is 11.9. The molecule has 1 atom stereocenters. The van der Waals surface area contributed by atoms with Gasteiger partial charge < -0.3 is 5.32 Å². The third-order valence-electron chi connectivity index (χ3n) is 3.72. The molecule has 1 aromatic carbocycles. The van der Waals surface area contributed by atoms with Crippen molar-refractivity contribution in [3.63, 3.8) is 0 Å². The minimum Gasteiger partial charge on any atom is -0.305 e. The molecule has 1 saturated carbocycles. The maximum absolute atomic E-state index is 4.36.